The molecule has 2 aliphatic rings. The summed E-state index contributed by atoms with van der Waals surface area (Å²) in [7, 11) is 0. The van der Waals surface area contributed by atoms with Gasteiger partial charge in [0.25, 0.3) is 5.91 Å². The van der Waals surface area contributed by atoms with Crippen LogP contribution in [0.5, 0.6) is 0 Å². The van der Waals surface area contributed by atoms with Crippen molar-refractivity contribution in [2.75, 3.05) is 26.2 Å². The molecule has 2 fully saturated rings. The molecular formula is C26H32FN5O2. The number of piperidine rings is 1. The van der Waals surface area contributed by atoms with Crippen molar-refractivity contribution in [1.82, 2.24) is 24.6 Å². The number of aryl methyl sites for hydroxylation is 2. The molecule has 1 unspecified atom stereocenters. The van der Waals surface area contributed by atoms with Crippen LogP contribution in [0.4, 0.5) is 4.39 Å². The molecule has 180 valence electrons. The SMILES string of the molecule is Cc1cc(C2CCCN(C(=O)CCn3cccn3)C2)c(F)c2[nH]c(C(=O)N3CC(C)(C)C3)cc12. The van der Waals surface area contributed by atoms with Crippen LogP contribution in [0.3, 0.4) is 0 Å². The smallest absolute Gasteiger partial charge is 0.270 e. The van der Waals surface area contributed by atoms with Gasteiger partial charge in [-0.1, -0.05) is 19.9 Å². The summed E-state index contributed by atoms with van der Waals surface area (Å²) in [6.07, 6.45) is 5.60. The third kappa shape index (κ3) is 4.21. The molecule has 1 atom stereocenters. The van der Waals surface area contributed by atoms with Crippen molar-refractivity contribution in [3.05, 3.63) is 53.2 Å². The molecule has 0 radical (unpaired) electrons. The molecule has 2 aliphatic heterocycles. The van der Waals surface area contributed by atoms with Crippen LogP contribution in [0.1, 0.15) is 60.6 Å². The number of fused-ring (bicyclic) bond motifs is 1. The molecule has 3 aromatic rings. The number of likely N-dealkylation sites (tertiary alicyclic amines) is 2. The molecule has 4 heterocycles. The lowest BCUT2D eigenvalue weighted by Crippen LogP contribution is -2.55. The Balaban J connectivity index is 1.34. The Morgan fingerprint density at radius 3 is 2.74 bits per heavy atom. The van der Waals surface area contributed by atoms with Gasteiger partial charge in [-0.3, -0.25) is 14.3 Å². The standard InChI is InChI=1S/C26H32FN5O2/c1-17-12-20(18-6-4-9-30(14-18)22(33)7-11-32-10-5-8-28-32)23(27)24-19(17)13-21(29-24)25(34)31-15-26(2,3)16-31/h5,8,10,12-13,18,29H,4,6-7,9,11,14-16H2,1-3H3. The van der Waals surface area contributed by atoms with Crippen LogP contribution in [0.2, 0.25) is 0 Å². The average molecular weight is 466 g/mol. The van der Waals surface area contributed by atoms with E-state index in [1.807, 2.05) is 30.2 Å². The Bertz CT molecular complexity index is 1220. The van der Waals surface area contributed by atoms with Crippen LogP contribution < -0.4 is 0 Å². The second kappa shape index (κ2) is 8.56. The summed E-state index contributed by atoms with van der Waals surface area (Å²) in [6, 6.07) is 5.51. The van der Waals surface area contributed by atoms with Crippen LogP contribution in [-0.2, 0) is 11.3 Å². The molecule has 2 amide bonds. The highest BCUT2D eigenvalue weighted by molar-refractivity contribution is 5.99. The van der Waals surface area contributed by atoms with Crippen molar-refractivity contribution >= 4 is 22.7 Å². The first-order chi connectivity index (χ1) is 16.2. The van der Waals surface area contributed by atoms with E-state index in [9.17, 15) is 9.59 Å². The maximum atomic E-state index is 15.7. The van der Waals surface area contributed by atoms with E-state index in [1.54, 1.807) is 21.8 Å². The number of carbonyl (C=O) groups is 2. The predicted molar refractivity (Wildman–Crippen MR) is 128 cm³/mol. The molecule has 0 spiro atoms. The molecule has 7 nitrogen and oxygen atoms in total. The number of hydrogen-bond acceptors (Lipinski definition) is 3. The Hall–Kier alpha value is -3.16. The Morgan fingerprint density at radius 2 is 2.03 bits per heavy atom. The second-order valence-electron chi connectivity index (χ2n) is 10.6. The summed E-state index contributed by atoms with van der Waals surface area (Å²) >= 11 is 0. The third-order valence-corrected chi connectivity index (χ3v) is 7.17. The Morgan fingerprint density at radius 1 is 1.24 bits per heavy atom. The van der Waals surface area contributed by atoms with Gasteiger partial charge in [-0.25, -0.2) is 4.39 Å². The quantitative estimate of drug-likeness (QED) is 0.617. The van der Waals surface area contributed by atoms with E-state index in [2.05, 4.69) is 23.9 Å². The normalized spacial score (nSPS) is 19.9. The summed E-state index contributed by atoms with van der Waals surface area (Å²) in [6.45, 7) is 9.39. The molecule has 0 aliphatic carbocycles. The minimum atomic E-state index is -0.306. The lowest BCUT2D eigenvalue weighted by atomic mass is 9.84. The van der Waals surface area contributed by atoms with Gasteiger partial charge < -0.3 is 14.8 Å². The molecule has 2 aromatic heterocycles. The molecule has 1 N–H and O–H groups in total. The number of nitrogens with zero attached hydrogens (tertiary/aromatic N) is 4. The number of rotatable bonds is 5. The van der Waals surface area contributed by atoms with E-state index in [-0.39, 0.29) is 29.0 Å². The van der Waals surface area contributed by atoms with Crippen LogP contribution >= 0.6 is 0 Å². The first kappa shape index (κ1) is 22.6. The van der Waals surface area contributed by atoms with Gasteiger partial charge >= 0.3 is 0 Å². The monoisotopic (exact) mass is 465 g/mol. The first-order valence-electron chi connectivity index (χ1n) is 12.1. The van der Waals surface area contributed by atoms with Crippen LogP contribution in [0.15, 0.2) is 30.6 Å². The summed E-state index contributed by atoms with van der Waals surface area (Å²) in [5.74, 6) is -0.380. The number of aromatic amines is 1. The molecular weight excluding hydrogens is 433 g/mol. The number of hydrogen-bond donors (Lipinski definition) is 1. The zero-order chi connectivity index (χ0) is 24.0. The largest absolute Gasteiger partial charge is 0.348 e. The summed E-state index contributed by atoms with van der Waals surface area (Å²) in [5.41, 5.74) is 2.52. The van der Waals surface area contributed by atoms with Crippen molar-refractivity contribution < 1.29 is 14.0 Å². The number of amides is 2. The van der Waals surface area contributed by atoms with E-state index in [1.165, 1.54) is 0 Å². The minimum Gasteiger partial charge on any atom is -0.348 e. The van der Waals surface area contributed by atoms with Gasteiger partial charge in [0, 0.05) is 62.8 Å². The number of H-pyrrole nitrogens is 1. The number of carbonyl (C=O) groups excluding carboxylic acids is 2. The average Bonchev–Trinajstić information content (AvgIpc) is 3.48. The molecule has 0 bridgehead atoms. The van der Waals surface area contributed by atoms with Gasteiger partial charge in [-0.05, 0) is 48.4 Å². The zero-order valence-electron chi connectivity index (χ0n) is 20.1. The van der Waals surface area contributed by atoms with E-state index >= 15 is 4.39 Å². The number of nitrogens with one attached hydrogen (secondary N) is 1. The van der Waals surface area contributed by atoms with Gasteiger partial charge in [0.15, 0.2) is 5.82 Å². The highest BCUT2D eigenvalue weighted by atomic mass is 19.1. The van der Waals surface area contributed by atoms with Crippen LogP contribution in [-0.4, -0.2) is 62.6 Å². The molecule has 0 saturated carbocycles. The van der Waals surface area contributed by atoms with Gasteiger partial charge in [0.1, 0.15) is 5.69 Å². The summed E-state index contributed by atoms with van der Waals surface area (Å²) in [5, 5.41) is 4.90. The number of halogens is 1. The maximum absolute atomic E-state index is 15.7. The number of aromatic nitrogens is 3. The molecule has 8 heteroatoms. The topological polar surface area (TPSA) is 74.2 Å². The lowest BCUT2D eigenvalue weighted by Gasteiger charge is -2.45. The van der Waals surface area contributed by atoms with Gasteiger partial charge in [0.05, 0.1) is 5.52 Å². The van der Waals surface area contributed by atoms with E-state index in [4.69, 9.17) is 0 Å². The molecule has 1 aromatic carbocycles. The Labute approximate surface area is 198 Å². The fourth-order valence-corrected chi connectivity index (χ4v) is 5.43. The van der Waals surface area contributed by atoms with Crippen LogP contribution in [0.25, 0.3) is 10.9 Å². The summed E-state index contributed by atoms with van der Waals surface area (Å²) in [4.78, 5) is 32.4. The van der Waals surface area contributed by atoms with Crippen molar-refractivity contribution in [2.24, 2.45) is 5.41 Å². The highest BCUT2D eigenvalue weighted by Crippen LogP contribution is 2.35. The first-order valence-corrected chi connectivity index (χ1v) is 12.1. The molecule has 5 rings (SSSR count). The summed E-state index contributed by atoms with van der Waals surface area (Å²) < 4.78 is 17.5. The van der Waals surface area contributed by atoms with Crippen LogP contribution in [0, 0.1) is 18.2 Å². The second-order valence-corrected chi connectivity index (χ2v) is 10.6. The number of benzene rings is 1. The Kier molecular flexibility index (Phi) is 5.70. The third-order valence-electron chi connectivity index (χ3n) is 7.17. The van der Waals surface area contributed by atoms with Crippen molar-refractivity contribution in [3.63, 3.8) is 0 Å². The molecule has 2 saturated heterocycles. The van der Waals surface area contributed by atoms with E-state index in [0.29, 0.717) is 55.9 Å². The minimum absolute atomic E-state index is 0.0656. The van der Waals surface area contributed by atoms with Crippen molar-refractivity contribution in [2.45, 2.75) is 52.5 Å². The van der Waals surface area contributed by atoms with Crippen molar-refractivity contribution in [1.29, 1.82) is 0 Å². The highest BCUT2D eigenvalue weighted by Gasteiger charge is 2.38. The fourth-order valence-electron chi connectivity index (χ4n) is 5.43. The fraction of sp³-hybridized carbons (Fsp3) is 0.500. The predicted octanol–water partition coefficient (Wildman–Crippen LogP) is 4.09. The zero-order valence-corrected chi connectivity index (χ0v) is 20.1. The maximum Gasteiger partial charge on any atom is 0.270 e. The van der Waals surface area contributed by atoms with E-state index < -0.39 is 0 Å². The van der Waals surface area contributed by atoms with Crippen molar-refractivity contribution in [3.8, 4) is 0 Å². The van der Waals surface area contributed by atoms with Gasteiger partial charge in [0.2, 0.25) is 5.91 Å². The van der Waals surface area contributed by atoms with Gasteiger partial charge in [-0.2, -0.15) is 5.10 Å². The van der Waals surface area contributed by atoms with Gasteiger partial charge in [-0.15, -0.1) is 0 Å². The van der Waals surface area contributed by atoms with E-state index in [0.717, 1.165) is 23.8 Å². The lowest BCUT2D eigenvalue weighted by molar-refractivity contribution is -0.132. The molecule has 34 heavy (non-hydrogen) atoms.